The van der Waals surface area contributed by atoms with Crippen LogP contribution < -0.4 is 15.0 Å². The third-order valence-electron chi connectivity index (χ3n) is 8.74. The number of piperazine rings is 1. The maximum atomic E-state index is 16.6. The Morgan fingerprint density at radius 2 is 1.98 bits per heavy atom. The number of hydrogen-bond donors (Lipinski definition) is 2. The minimum atomic E-state index is -2.78. The summed E-state index contributed by atoms with van der Waals surface area (Å²) in [6.07, 6.45) is 9.19. The molecular weight excluding hydrogens is 543 g/mol. The van der Waals surface area contributed by atoms with Gasteiger partial charge in [-0.1, -0.05) is 18.1 Å². The molecule has 42 heavy (non-hydrogen) atoms. The number of rotatable bonds is 5. The molecule has 3 atom stereocenters. The third kappa shape index (κ3) is 4.67. The highest BCUT2D eigenvalue weighted by Crippen LogP contribution is 2.40. The Labute approximate surface area is 241 Å². The monoisotopic (exact) mass is 573 g/mol. The molecule has 3 fully saturated rings. The molecular formula is C32H30F3N5O2. The van der Waals surface area contributed by atoms with E-state index in [1.807, 2.05) is 0 Å². The second kappa shape index (κ2) is 10.0. The van der Waals surface area contributed by atoms with Crippen molar-refractivity contribution in [3.8, 4) is 35.2 Å². The largest absolute Gasteiger partial charge is 0.508 e. The zero-order chi connectivity index (χ0) is 29.2. The van der Waals surface area contributed by atoms with E-state index in [1.165, 1.54) is 6.07 Å². The van der Waals surface area contributed by atoms with Crippen molar-refractivity contribution in [3.05, 3.63) is 54.0 Å². The highest BCUT2D eigenvalue weighted by atomic mass is 19.3. The molecule has 7 rings (SSSR count). The van der Waals surface area contributed by atoms with Gasteiger partial charge >= 0.3 is 0 Å². The van der Waals surface area contributed by atoms with E-state index in [2.05, 4.69) is 26.1 Å². The summed E-state index contributed by atoms with van der Waals surface area (Å²) in [4.78, 5) is 12.9. The fourth-order valence-corrected chi connectivity index (χ4v) is 6.77. The summed E-state index contributed by atoms with van der Waals surface area (Å²) in [5.74, 6) is -0.700. The molecule has 2 aromatic carbocycles. The summed E-state index contributed by atoms with van der Waals surface area (Å²) in [7, 11) is 1.65. The molecule has 7 nitrogen and oxygen atoms in total. The Morgan fingerprint density at radius 3 is 2.69 bits per heavy atom. The van der Waals surface area contributed by atoms with Crippen molar-refractivity contribution in [2.75, 3.05) is 38.2 Å². The van der Waals surface area contributed by atoms with Gasteiger partial charge < -0.3 is 20.1 Å². The van der Waals surface area contributed by atoms with Gasteiger partial charge in [-0.25, -0.2) is 18.2 Å². The van der Waals surface area contributed by atoms with Gasteiger partial charge in [0.15, 0.2) is 5.82 Å². The summed E-state index contributed by atoms with van der Waals surface area (Å²) >= 11 is 0. The summed E-state index contributed by atoms with van der Waals surface area (Å²) in [6.45, 7) is 1.14. The SMILES string of the molecule is C#Cc1cccc2cc(O)cc(-c3ncc4c(N5CC6CCC(C5)N6)cc(OC[C@@H]5CC(F)(F)CN5C)nc4c3F)c12. The lowest BCUT2D eigenvalue weighted by molar-refractivity contribution is 0.0137. The van der Waals surface area contributed by atoms with E-state index in [-0.39, 0.29) is 42.4 Å². The molecule has 2 aromatic heterocycles. The Balaban J connectivity index is 1.36. The second-order valence-electron chi connectivity index (χ2n) is 11.7. The minimum Gasteiger partial charge on any atom is -0.508 e. The number of likely N-dealkylation sites (N-methyl/N-ethyl adjacent to an activating group) is 1. The van der Waals surface area contributed by atoms with E-state index >= 15 is 4.39 Å². The van der Waals surface area contributed by atoms with Gasteiger partial charge in [0.1, 0.15) is 23.6 Å². The fourth-order valence-electron chi connectivity index (χ4n) is 6.77. The number of likely N-dealkylation sites (tertiary alicyclic amines) is 1. The highest BCUT2D eigenvalue weighted by molar-refractivity contribution is 6.03. The van der Waals surface area contributed by atoms with E-state index in [9.17, 15) is 13.9 Å². The van der Waals surface area contributed by atoms with E-state index in [1.54, 1.807) is 48.5 Å². The van der Waals surface area contributed by atoms with Crippen molar-refractivity contribution in [1.29, 1.82) is 0 Å². The Kier molecular flexibility index (Phi) is 6.40. The Hall–Kier alpha value is -4.07. The molecule has 2 unspecified atom stereocenters. The maximum absolute atomic E-state index is 16.6. The quantitative estimate of drug-likeness (QED) is 0.328. The molecule has 2 N–H and O–H groups in total. The molecule has 3 aliphatic heterocycles. The molecule has 3 saturated heterocycles. The van der Waals surface area contributed by atoms with Crippen LogP contribution in [-0.2, 0) is 0 Å². The number of anilines is 1. The molecule has 216 valence electrons. The van der Waals surface area contributed by atoms with Crippen molar-refractivity contribution in [2.24, 2.45) is 0 Å². The van der Waals surface area contributed by atoms with Crippen LogP contribution in [0.2, 0.25) is 0 Å². The topological polar surface area (TPSA) is 73.8 Å². The van der Waals surface area contributed by atoms with Crippen LogP contribution in [0.3, 0.4) is 0 Å². The summed E-state index contributed by atoms with van der Waals surface area (Å²) < 4.78 is 50.6. The second-order valence-corrected chi connectivity index (χ2v) is 11.7. The van der Waals surface area contributed by atoms with Gasteiger partial charge in [-0.15, -0.1) is 6.42 Å². The maximum Gasteiger partial charge on any atom is 0.262 e. The molecule has 4 aromatic rings. The van der Waals surface area contributed by atoms with Crippen molar-refractivity contribution in [1.82, 2.24) is 20.2 Å². The number of pyridine rings is 2. The molecule has 0 amide bonds. The molecule has 3 aliphatic rings. The van der Waals surface area contributed by atoms with E-state index < -0.39 is 17.8 Å². The van der Waals surface area contributed by atoms with Crippen molar-refractivity contribution in [3.63, 3.8) is 0 Å². The van der Waals surface area contributed by atoms with Crippen LogP contribution in [0.15, 0.2) is 42.6 Å². The lowest BCUT2D eigenvalue weighted by Gasteiger charge is -2.35. The molecule has 0 aliphatic carbocycles. The smallest absolute Gasteiger partial charge is 0.262 e. The van der Waals surface area contributed by atoms with E-state index in [0.717, 1.165) is 31.6 Å². The number of nitrogens with one attached hydrogen (secondary N) is 1. The van der Waals surface area contributed by atoms with Crippen molar-refractivity contribution < 1.29 is 23.0 Å². The van der Waals surface area contributed by atoms with E-state index in [0.29, 0.717) is 39.4 Å². The Morgan fingerprint density at radius 1 is 1.19 bits per heavy atom. The van der Waals surface area contributed by atoms with Crippen molar-refractivity contribution in [2.45, 2.75) is 43.3 Å². The number of hydrogen-bond acceptors (Lipinski definition) is 7. The summed E-state index contributed by atoms with van der Waals surface area (Å²) in [5, 5.41) is 15.9. The first kappa shape index (κ1) is 26.8. The molecule has 2 bridgehead atoms. The first-order valence-corrected chi connectivity index (χ1v) is 14.1. The minimum absolute atomic E-state index is 0.000866. The third-order valence-corrected chi connectivity index (χ3v) is 8.74. The zero-order valence-electron chi connectivity index (χ0n) is 23.1. The predicted molar refractivity (Wildman–Crippen MR) is 156 cm³/mol. The number of fused-ring (bicyclic) bond motifs is 4. The highest BCUT2D eigenvalue weighted by Gasteiger charge is 2.43. The van der Waals surface area contributed by atoms with Crippen LogP contribution in [0.25, 0.3) is 32.9 Å². The number of terminal acetylenes is 1. The van der Waals surface area contributed by atoms with Crippen LogP contribution in [0.1, 0.15) is 24.8 Å². The lowest BCUT2D eigenvalue weighted by Crippen LogP contribution is -2.51. The van der Waals surface area contributed by atoms with Gasteiger partial charge in [0.25, 0.3) is 5.92 Å². The Bertz CT molecular complexity index is 1740. The number of ether oxygens (including phenoxy) is 1. The summed E-state index contributed by atoms with van der Waals surface area (Å²) in [5.41, 5.74) is 1.68. The first-order valence-electron chi connectivity index (χ1n) is 14.1. The average molecular weight is 574 g/mol. The number of phenols is 1. The molecule has 0 saturated carbocycles. The number of halogens is 3. The van der Waals surface area contributed by atoms with E-state index in [4.69, 9.17) is 11.2 Å². The molecule has 0 spiro atoms. The number of nitrogens with zero attached hydrogens (tertiary/aromatic N) is 4. The summed E-state index contributed by atoms with van der Waals surface area (Å²) in [6, 6.07) is 10.3. The standard InChI is InChI=1S/C32H30F3N5O2/c1-3-18-5-4-6-19-9-23(41)10-24(28(18)19)30-29(33)31-25(13-36-30)26(40-14-20-7-8-21(15-40)37-20)11-27(38-31)42-16-22-12-32(34,35)17-39(22)2/h1,4-6,9-11,13,20-22,37,41H,7-8,12,14-17H2,2H3/t20?,21?,22-/m0/s1. The first-order chi connectivity index (χ1) is 20.2. The van der Waals surface area contributed by atoms with Gasteiger partial charge in [0.2, 0.25) is 5.88 Å². The number of aromatic hydroxyl groups is 1. The normalized spacial score (nSPS) is 23.5. The predicted octanol–water partition coefficient (Wildman–Crippen LogP) is 4.93. The molecule has 0 radical (unpaired) electrons. The van der Waals surface area contributed by atoms with Crippen LogP contribution in [0.5, 0.6) is 11.6 Å². The number of benzene rings is 2. The fraction of sp³-hybridized carbons (Fsp3) is 0.375. The lowest BCUT2D eigenvalue weighted by atomic mass is 9.96. The van der Waals surface area contributed by atoms with Gasteiger partial charge in [-0.05, 0) is 43.5 Å². The molecule has 10 heteroatoms. The van der Waals surface area contributed by atoms with Gasteiger partial charge in [0.05, 0.1) is 12.2 Å². The number of phenolic OH excluding ortho intramolecular Hbond substituents is 1. The van der Waals surface area contributed by atoms with Gasteiger partial charge in [0, 0.05) is 71.8 Å². The number of alkyl halides is 2. The van der Waals surface area contributed by atoms with Crippen LogP contribution >= 0.6 is 0 Å². The van der Waals surface area contributed by atoms with Gasteiger partial charge in [-0.2, -0.15) is 0 Å². The van der Waals surface area contributed by atoms with Crippen LogP contribution in [0.4, 0.5) is 18.9 Å². The number of aromatic nitrogens is 2. The van der Waals surface area contributed by atoms with Crippen molar-refractivity contribution >= 4 is 27.4 Å². The van der Waals surface area contributed by atoms with Crippen LogP contribution in [0, 0.1) is 18.2 Å². The zero-order valence-corrected chi connectivity index (χ0v) is 23.1. The van der Waals surface area contributed by atoms with Gasteiger partial charge in [-0.3, -0.25) is 9.88 Å². The average Bonchev–Trinajstić information content (AvgIpc) is 3.44. The molecule has 5 heterocycles. The van der Waals surface area contributed by atoms with Crippen LogP contribution in [-0.4, -0.2) is 77.3 Å².